The van der Waals surface area contributed by atoms with Crippen molar-refractivity contribution in [2.24, 2.45) is 16.8 Å². The van der Waals surface area contributed by atoms with Crippen molar-refractivity contribution in [3.05, 3.63) is 59.9 Å². The Morgan fingerprint density at radius 2 is 1.94 bits per heavy atom. The average Bonchev–Trinajstić information content (AvgIpc) is 3.65. The summed E-state index contributed by atoms with van der Waals surface area (Å²) in [7, 11) is 1.74. The lowest BCUT2D eigenvalue weighted by Crippen LogP contribution is -2.48. The number of fused-ring (bicyclic) bond motifs is 1. The van der Waals surface area contributed by atoms with Crippen LogP contribution in [0.25, 0.3) is 0 Å². The minimum absolute atomic E-state index is 0.0603. The SMILES string of the molecule is CCCCCC(CC1CC1)C(=O)NC1N=C(c2ccccn2)c2ccccc2N(C)C1=O. The van der Waals surface area contributed by atoms with Gasteiger partial charge >= 0.3 is 0 Å². The van der Waals surface area contributed by atoms with Crippen LogP contribution in [0.3, 0.4) is 0 Å². The molecule has 2 atom stereocenters. The Hall–Kier alpha value is -3.02. The van der Waals surface area contributed by atoms with E-state index in [-0.39, 0.29) is 17.7 Å². The number of hydrogen-bond donors (Lipinski definition) is 1. The first-order valence-corrected chi connectivity index (χ1v) is 11.7. The molecule has 0 bridgehead atoms. The van der Waals surface area contributed by atoms with Crippen molar-refractivity contribution in [2.75, 3.05) is 11.9 Å². The van der Waals surface area contributed by atoms with E-state index in [2.05, 4.69) is 17.2 Å². The fraction of sp³-hybridized carbons (Fsp3) is 0.462. The van der Waals surface area contributed by atoms with Crippen molar-refractivity contribution in [1.82, 2.24) is 10.3 Å². The molecule has 6 nitrogen and oxygen atoms in total. The zero-order chi connectivity index (χ0) is 22.5. The van der Waals surface area contributed by atoms with Gasteiger partial charge in [-0.1, -0.05) is 63.3 Å². The molecule has 2 aromatic rings. The number of rotatable bonds is 9. The number of hydrogen-bond acceptors (Lipinski definition) is 4. The number of carbonyl (C=O) groups excluding carboxylic acids is 2. The lowest BCUT2D eigenvalue weighted by atomic mass is 9.94. The maximum atomic E-state index is 13.3. The van der Waals surface area contributed by atoms with Crippen molar-refractivity contribution < 1.29 is 9.59 Å². The van der Waals surface area contributed by atoms with E-state index in [1.807, 2.05) is 42.5 Å². The van der Waals surface area contributed by atoms with Gasteiger partial charge in [0.1, 0.15) is 0 Å². The Bertz CT molecular complexity index is 984. The number of benzodiazepines with no additional fused rings is 1. The fourth-order valence-electron chi connectivity index (χ4n) is 4.33. The number of pyridine rings is 1. The molecule has 168 valence electrons. The van der Waals surface area contributed by atoms with E-state index in [9.17, 15) is 9.59 Å². The number of aromatic nitrogens is 1. The first-order valence-electron chi connectivity index (χ1n) is 11.7. The molecular weight excluding hydrogens is 400 g/mol. The number of aliphatic imine (C=N–C) groups is 1. The van der Waals surface area contributed by atoms with Crippen LogP contribution in [0.1, 0.15) is 63.1 Å². The molecule has 1 aromatic carbocycles. The molecule has 2 aliphatic rings. The number of nitrogens with one attached hydrogen (secondary N) is 1. The largest absolute Gasteiger partial charge is 0.326 e. The topological polar surface area (TPSA) is 74.7 Å². The predicted molar refractivity (Wildman–Crippen MR) is 127 cm³/mol. The molecule has 2 amide bonds. The van der Waals surface area contributed by atoms with Crippen LogP contribution >= 0.6 is 0 Å². The molecule has 1 saturated carbocycles. The number of amides is 2. The van der Waals surface area contributed by atoms with Crippen LogP contribution in [0.5, 0.6) is 0 Å². The second kappa shape index (κ2) is 10.1. The molecule has 1 fully saturated rings. The van der Waals surface area contributed by atoms with E-state index in [0.717, 1.165) is 43.4 Å². The summed E-state index contributed by atoms with van der Waals surface area (Å²) in [5.41, 5.74) is 2.89. The Kier molecular flexibility index (Phi) is 6.98. The van der Waals surface area contributed by atoms with Crippen LogP contribution in [-0.4, -0.2) is 35.7 Å². The van der Waals surface area contributed by atoms with Crippen molar-refractivity contribution >= 4 is 23.2 Å². The van der Waals surface area contributed by atoms with Crippen molar-refractivity contribution in [3.63, 3.8) is 0 Å². The summed E-state index contributed by atoms with van der Waals surface area (Å²) < 4.78 is 0. The Labute approximate surface area is 190 Å². The van der Waals surface area contributed by atoms with Gasteiger partial charge in [0.05, 0.1) is 17.1 Å². The van der Waals surface area contributed by atoms with E-state index in [0.29, 0.717) is 17.3 Å². The number of benzene rings is 1. The Balaban J connectivity index is 1.63. The zero-order valence-electron chi connectivity index (χ0n) is 19.0. The highest BCUT2D eigenvalue weighted by Gasteiger charge is 2.34. The second-order valence-corrected chi connectivity index (χ2v) is 8.89. The highest BCUT2D eigenvalue weighted by Crippen LogP contribution is 2.37. The van der Waals surface area contributed by atoms with Gasteiger partial charge in [0, 0.05) is 24.7 Å². The average molecular weight is 433 g/mol. The van der Waals surface area contributed by atoms with Gasteiger partial charge in [-0.15, -0.1) is 0 Å². The standard InChI is InChI=1S/C26H32N4O2/c1-3-4-5-10-19(17-18-14-15-18)25(31)29-24-26(32)30(2)22-13-7-6-11-20(22)23(28-24)21-12-8-9-16-27-21/h6-9,11-13,16,18-19,24H,3-5,10,14-15,17H2,1-2H3,(H,29,31). The van der Waals surface area contributed by atoms with Gasteiger partial charge < -0.3 is 10.2 Å². The number of anilines is 1. The molecule has 2 heterocycles. The Morgan fingerprint density at radius 1 is 1.16 bits per heavy atom. The molecule has 1 aliphatic carbocycles. The second-order valence-electron chi connectivity index (χ2n) is 8.89. The van der Waals surface area contributed by atoms with Crippen LogP contribution in [0, 0.1) is 11.8 Å². The van der Waals surface area contributed by atoms with Gasteiger partial charge in [-0.3, -0.25) is 14.6 Å². The molecule has 2 unspecified atom stereocenters. The third kappa shape index (κ3) is 5.06. The lowest BCUT2D eigenvalue weighted by Gasteiger charge is -2.23. The number of carbonyl (C=O) groups is 2. The number of para-hydroxylation sites is 1. The van der Waals surface area contributed by atoms with E-state index in [4.69, 9.17) is 4.99 Å². The van der Waals surface area contributed by atoms with Crippen molar-refractivity contribution in [2.45, 2.75) is 58.0 Å². The summed E-state index contributed by atoms with van der Waals surface area (Å²) >= 11 is 0. The number of likely N-dealkylation sites (N-methyl/N-ethyl adjacent to an activating group) is 1. The van der Waals surface area contributed by atoms with Crippen molar-refractivity contribution in [1.29, 1.82) is 0 Å². The zero-order valence-corrected chi connectivity index (χ0v) is 19.0. The molecule has 0 radical (unpaired) electrons. The quantitative estimate of drug-likeness (QED) is 0.599. The van der Waals surface area contributed by atoms with Crippen molar-refractivity contribution in [3.8, 4) is 0 Å². The van der Waals surface area contributed by atoms with Gasteiger partial charge in [-0.2, -0.15) is 0 Å². The smallest absolute Gasteiger partial charge is 0.272 e. The molecule has 4 rings (SSSR count). The summed E-state index contributed by atoms with van der Waals surface area (Å²) in [6.07, 6.45) is 8.21. The highest BCUT2D eigenvalue weighted by atomic mass is 16.2. The fourth-order valence-corrected chi connectivity index (χ4v) is 4.33. The minimum Gasteiger partial charge on any atom is -0.326 e. The molecule has 1 N–H and O–H groups in total. The van der Waals surface area contributed by atoms with Crippen LogP contribution in [0.4, 0.5) is 5.69 Å². The van der Waals surface area contributed by atoms with E-state index < -0.39 is 6.17 Å². The molecule has 32 heavy (non-hydrogen) atoms. The van der Waals surface area contributed by atoms with Gasteiger partial charge in [0.25, 0.3) is 5.91 Å². The molecule has 6 heteroatoms. The maximum Gasteiger partial charge on any atom is 0.272 e. The molecular formula is C26H32N4O2. The third-order valence-corrected chi connectivity index (χ3v) is 6.37. The molecule has 0 spiro atoms. The third-order valence-electron chi connectivity index (χ3n) is 6.37. The van der Waals surface area contributed by atoms with Gasteiger partial charge in [-0.25, -0.2) is 4.99 Å². The first-order chi connectivity index (χ1) is 15.6. The molecule has 1 aromatic heterocycles. The maximum absolute atomic E-state index is 13.3. The Morgan fingerprint density at radius 3 is 2.66 bits per heavy atom. The summed E-state index contributed by atoms with van der Waals surface area (Å²) in [4.78, 5) is 37.4. The van der Waals surface area contributed by atoms with E-state index in [1.165, 1.54) is 12.8 Å². The number of nitrogens with zero attached hydrogens (tertiary/aromatic N) is 3. The van der Waals surface area contributed by atoms with Gasteiger partial charge in [0.2, 0.25) is 12.1 Å². The predicted octanol–water partition coefficient (Wildman–Crippen LogP) is 4.33. The number of unbranched alkanes of at least 4 members (excludes halogenated alkanes) is 2. The van der Waals surface area contributed by atoms with Gasteiger partial charge in [0.15, 0.2) is 0 Å². The highest BCUT2D eigenvalue weighted by molar-refractivity contribution is 6.19. The molecule has 0 saturated heterocycles. The molecule has 1 aliphatic heterocycles. The normalized spacial score (nSPS) is 19.1. The van der Waals surface area contributed by atoms with Crippen LogP contribution in [0.2, 0.25) is 0 Å². The van der Waals surface area contributed by atoms with Crippen LogP contribution in [0.15, 0.2) is 53.7 Å². The lowest BCUT2D eigenvalue weighted by molar-refractivity contribution is -0.130. The van der Waals surface area contributed by atoms with E-state index in [1.54, 1.807) is 18.1 Å². The van der Waals surface area contributed by atoms with Crippen LogP contribution < -0.4 is 10.2 Å². The first kappa shape index (κ1) is 22.2. The summed E-state index contributed by atoms with van der Waals surface area (Å²) in [5.74, 6) is 0.285. The summed E-state index contributed by atoms with van der Waals surface area (Å²) in [5, 5.41) is 2.99. The monoisotopic (exact) mass is 432 g/mol. The van der Waals surface area contributed by atoms with E-state index >= 15 is 0 Å². The minimum atomic E-state index is -0.968. The van der Waals surface area contributed by atoms with Crippen LogP contribution in [-0.2, 0) is 9.59 Å². The summed E-state index contributed by atoms with van der Waals surface area (Å²) in [6, 6.07) is 13.3. The summed E-state index contributed by atoms with van der Waals surface area (Å²) in [6.45, 7) is 2.17. The van der Waals surface area contributed by atoms with Gasteiger partial charge in [-0.05, 0) is 37.0 Å².